The summed E-state index contributed by atoms with van der Waals surface area (Å²) < 4.78 is 23.2. The molecule has 0 saturated carbocycles. The number of benzene rings is 1. The van der Waals surface area contributed by atoms with Gasteiger partial charge in [0, 0.05) is 0 Å². The quantitative estimate of drug-likeness (QED) is 0.744. The van der Waals surface area contributed by atoms with Crippen LogP contribution in [0.2, 0.25) is 0 Å². The molecule has 0 atom stereocenters. The van der Waals surface area contributed by atoms with Crippen molar-refractivity contribution in [1.82, 2.24) is 0 Å². The molecule has 0 heterocycles. The third kappa shape index (κ3) is 2.94. The molecule has 1 rings (SSSR count). The number of hydrogen-bond acceptors (Lipinski definition) is 3. The van der Waals surface area contributed by atoms with Crippen molar-refractivity contribution in [3.63, 3.8) is 0 Å². The molecule has 0 bridgehead atoms. The topological polar surface area (TPSA) is 35.5 Å². The van der Waals surface area contributed by atoms with Crippen molar-refractivity contribution < 1.29 is 13.6 Å². The monoisotopic (exact) mass is 242 g/mol. The van der Waals surface area contributed by atoms with Gasteiger partial charge in [-0.15, -0.1) is 0 Å². The molecular weight excluding hydrogens is 223 g/mol. The minimum Gasteiger partial charge on any atom is -0.305 e. The van der Waals surface area contributed by atoms with Crippen molar-refractivity contribution in [3.8, 4) is 0 Å². The van der Waals surface area contributed by atoms with Gasteiger partial charge in [0.2, 0.25) is 0 Å². The van der Waals surface area contributed by atoms with Gasteiger partial charge < -0.3 is 9.05 Å². The normalized spacial score (nSPS) is 11.8. The molecule has 90 valence electrons. The van der Waals surface area contributed by atoms with E-state index in [0.29, 0.717) is 18.5 Å². The van der Waals surface area contributed by atoms with Gasteiger partial charge in [-0.2, -0.15) is 0 Å². The van der Waals surface area contributed by atoms with Crippen molar-refractivity contribution in [2.45, 2.75) is 27.7 Å². The fraction of sp³-hybridized carbons (Fsp3) is 0.500. The molecule has 0 spiro atoms. The number of hydrogen-bond donors (Lipinski definition) is 0. The van der Waals surface area contributed by atoms with E-state index in [1.165, 1.54) is 0 Å². The first kappa shape index (κ1) is 13.4. The Balaban J connectivity index is 3.20. The van der Waals surface area contributed by atoms with E-state index in [4.69, 9.17) is 9.05 Å². The molecule has 0 aliphatic rings. The first-order chi connectivity index (χ1) is 7.53. The summed E-state index contributed by atoms with van der Waals surface area (Å²) in [5.74, 6) is 0. The van der Waals surface area contributed by atoms with Gasteiger partial charge in [0.15, 0.2) is 0 Å². The summed E-state index contributed by atoms with van der Waals surface area (Å²) in [7, 11) is -3.14. The lowest BCUT2D eigenvalue weighted by Crippen LogP contribution is -2.14. The highest BCUT2D eigenvalue weighted by molar-refractivity contribution is 7.62. The summed E-state index contributed by atoms with van der Waals surface area (Å²) >= 11 is 0. The van der Waals surface area contributed by atoms with Gasteiger partial charge in [-0.1, -0.05) is 17.7 Å². The lowest BCUT2D eigenvalue weighted by atomic mass is 10.2. The maximum Gasteiger partial charge on any atom is 0.361 e. The number of rotatable bonds is 5. The van der Waals surface area contributed by atoms with E-state index in [9.17, 15) is 4.57 Å². The molecule has 0 aliphatic carbocycles. The SMILES string of the molecule is CCOP(=O)(OCC)c1cc(C)ccc1C. The third-order valence-electron chi connectivity index (χ3n) is 2.26. The number of aryl methyl sites for hydroxylation is 2. The summed E-state index contributed by atoms with van der Waals surface area (Å²) in [5, 5.41) is 0.677. The van der Waals surface area contributed by atoms with Crippen molar-refractivity contribution in [2.24, 2.45) is 0 Å². The summed E-state index contributed by atoms with van der Waals surface area (Å²) in [6, 6.07) is 5.80. The first-order valence-corrected chi connectivity index (χ1v) is 7.04. The Hall–Kier alpha value is -0.630. The van der Waals surface area contributed by atoms with E-state index in [-0.39, 0.29) is 0 Å². The molecule has 0 fully saturated rings. The zero-order valence-corrected chi connectivity index (χ0v) is 11.2. The summed E-state index contributed by atoms with van der Waals surface area (Å²) in [6.07, 6.45) is 0. The highest BCUT2D eigenvalue weighted by atomic mass is 31.2. The predicted molar refractivity (Wildman–Crippen MR) is 66.4 cm³/mol. The fourth-order valence-corrected chi connectivity index (χ4v) is 3.43. The lowest BCUT2D eigenvalue weighted by Gasteiger charge is -2.19. The van der Waals surface area contributed by atoms with Crippen LogP contribution in [0, 0.1) is 13.8 Å². The Morgan fingerprint density at radius 3 is 2.19 bits per heavy atom. The van der Waals surface area contributed by atoms with Gasteiger partial charge in [0.05, 0.1) is 18.5 Å². The summed E-state index contributed by atoms with van der Waals surface area (Å²) in [6.45, 7) is 8.27. The molecule has 0 amide bonds. The second-order valence-electron chi connectivity index (χ2n) is 3.62. The molecule has 4 heteroatoms. The van der Waals surface area contributed by atoms with Crippen LogP contribution in [0.3, 0.4) is 0 Å². The third-order valence-corrected chi connectivity index (χ3v) is 4.53. The van der Waals surface area contributed by atoms with E-state index < -0.39 is 7.60 Å². The van der Waals surface area contributed by atoms with Crippen molar-refractivity contribution in [1.29, 1.82) is 0 Å². The van der Waals surface area contributed by atoms with Gasteiger partial charge in [-0.05, 0) is 39.3 Å². The molecule has 0 saturated heterocycles. The standard InChI is InChI=1S/C12H19O3P/c1-5-14-16(13,15-6-2)12-9-10(3)7-8-11(12)4/h7-9H,5-6H2,1-4H3. The largest absolute Gasteiger partial charge is 0.361 e. The van der Waals surface area contributed by atoms with Gasteiger partial charge in [-0.25, -0.2) is 0 Å². The van der Waals surface area contributed by atoms with Crippen molar-refractivity contribution in [3.05, 3.63) is 29.3 Å². The Bertz CT molecular complexity index is 391. The summed E-state index contributed by atoms with van der Waals surface area (Å²) in [4.78, 5) is 0. The molecule has 0 aliphatic heterocycles. The van der Waals surface area contributed by atoms with Crippen LogP contribution in [-0.2, 0) is 13.6 Å². The van der Waals surface area contributed by atoms with Gasteiger partial charge >= 0.3 is 7.60 Å². The Morgan fingerprint density at radius 2 is 1.69 bits per heavy atom. The zero-order valence-electron chi connectivity index (χ0n) is 10.3. The van der Waals surface area contributed by atoms with Crippen LogP contribution >= 0.6 is 7.60 Å². The highest BCUT2D eigenvalue weighted by Crippen LogP contribution is 2.47. The van der Waals surface area contributed by atoms with Crippen molar-refractivity contribution >= 4 is 12.9 Å². The second-order valence-corrected chi connectivity index (χ2v) is 5.62. The minimum atomic E-state index is -3.14. The molecule has 0 aromatic heterocycles. The van der Waals surface area contributed by atoms with E-state index >= 15 is 0 Å². The highest BCUT2D eigenvalue weighted by Gasteiger charge is 2.28. The van der Waals surface area contributed by atoms with E-state index in [0.717, 1.165) is 11.1 Å². The molecule has 1 aromatic carbocycles. The van der Waals surface area contributed by atoms with Crippen LogP contribution in [0.4, 0.5) is 0 Å². The fourth-order valence-electron chi connectivity index (χ4n) is 1.53. The molecular formula is C12H19O3P. The minimum absolute atomic E-state index is 0.380. The maximum absolute atomic E-state index is 12.5. The Labute approximate surface area is 97.3 Å². The molecule has 0 N–H and O–H groups in total. The van der Waals surface area contributed by atoms with Gasteiger partial charge in [0.1, 0.15) is 0 Å². The van der Waals surface area contributed by atoms with Crippen LogP contribution in [0.15, 0.2) is 18.2 Å². The average Bonchev–Trinajstić information content (AvgIpc) is 2.22. The maximum atomic E-state index is 12.5. The lowest BCUT2D eigenvalue weighted by molar-refractivity contribution is 0.230. The molecule has 0 radical (unpaired) electrons. The smallest absolute Gasteiger partial charge is 0.305 e. The van der Waals surface area contributed by atoms with Crippen LogP contribution in [0.1, 0.15) is 25.0 Å². The molecule has 16 heavy (non-hydrogen) atoms. The average molecular weight is 242 g/mol. The molecule has 0 unspecified atom stereocenters. The second kappa shape index (κ2) is 5.62. The molecule has 1 aromatic rings. The van der Waals surface area contributed by atoms with Crippen LogP contribution < -0.4 is 5.30 Å². The zero-order chi connectivity index (χ0) is 12.2. The first-order valence-electron chi connectivity index (χ1n) is 5.50. The van der Waals surface area contributed by atoms with Crippen LogP contribution in [0.5, 0.6) is 0 Å². The van der Waals surface area contributed by atoms with Crippen LogP contribution in [-0.4, -0.2) is 13.2 Å². The Kier molecular flexibility index (Phi) is 4.72. The van der Waals surface area contributed by atoms with Crippen molar-refractivity contribution in [2.75, 3.05) is 13.2 Å². The van der Waals surface area contributed by atoms with Crippen LogP contribution in [0.25, 0.3) is 0 Å². The Morgan fingerprint density at radius 1 is 1.12 bits per heavy atom. The van der Waals surface area contributed by atoms with E-state index in [1.54, 1.807) is 0 Å². The van der Waals surface area contributed by atoms with Gasteiger partial charge in [-0.3, -0.25) is 4.57 Å². The summed E-state index contributed by atoms with van der Waals surface area (Å²) in [5.41, 5.74) is 2.00. The molecule has 3 nitrogen and oxygen atoms in total. The van der Waals surface area contributed by atoms with E-state index in [1.807, 2.05) is 45.9 Å². The predicted octanol–water partition coefficient (Wildman–Crippen LogP) is 3.19. The van der Waals surface area contributed by atoms with Gasteiger partial charge in [0.25, 0.3) is 0 Å². The van der Waals surface area contributed by atoms with E-state index in [2.05, 4.69) is 0 Å².